The Hall–Kier alpha value is -2.44. The van der Waals surface area contributed by atoms with Crippen molar-refractivity contribution < 1.29 is 0 Å². The maximum absolute atomic E-state index is 4.55. The number of benzene rings is 2. The van der Waals surface area contributed by atoms with E-state index in [1.165, 1.54) is 11.3 Å². The molecule has 0 radical (unpaired) electrons. The first-order valence-corrected chi connectivity index (χ1v) is 9.03. The Morgan fingerprint density at radius 2 is 2.04 bits per heavy atom. The van der Waals surface area contributed by atoms with Gasteiger partial charge in [0.15, 0.2) is 0 Å². The minimum Gasteiger partial charge on any atom is -0.361 e. The summed E-state index contributed by atoms with van der Waals surface area (Å²) in [6.07, 6.45) is 3.74. The first kappa shape index (κ1) is 15.1. The molecule has 4 aromatic rings. The largest absolute Gasteiger partial charge is 0.361 e. The molecule has 0 bridgehead atoms. The summed E-state index contributed by atoms with van der Waals surface area (Å²) in [5.74, 6) is 0. The molecule has 4 rings (SSSR count). The SMILES string of the molecule is Brc1ccc2[nH]cc(/C=N/Nc3nc(-c4ccccc4)cs3)c2c1. The Balaban J connectivity index is 1.51. The van der Waals surface area contributed by atoms with Gasteiger partial charge in [-0.1, -0.05) is 46.3 Å². The van der Waals surface area contributed by atoms with Crippen LogP contribution in [0.2, 0.25) is 0 Å². The summed E-state index contributed by atoms with van der Waals surface area (Å²) in [7, 11) is 0. The maximum atomic E-state index is 4.55. The van der Waals surface area contributed by atoms with Crippen molar-refractivity contribution in [2.24, 2.45) is 5.10 Å². The summed E-state index contributed by atoms with van der Waals surface area (Å²) in [4.78, 5) is 7.79. The predicted molar refractivity (Wildman–Crippen MR) is 105 cm³/mol. The van der Waals surface area contributed by atoms with Crippen LogP contribution in [0.5, 0.6) is 0 Å². The van der Waals surface area contributed by atoms with Gasteiger partial charge in [0.25, 0.3) is 0 Å². The number of nitrogens with one attached hydrogen (secondary N) is 2. The number of halogens is 1. The number of aromatic nitrogens is 2. The van der Waals surface area contributed by atoms with E-state index in [0.29, 0.717) is 0 Å². The molecule has 2 aromatic carbocycles. The molecule has 2 aromatic heterocycles. The van der Waals surface area contributed by atoms with Crippen LogP contribution < -0.4 is 5.43 Å². The fourth-order valence-corrected chi connectivity index (χ4v) is 3.47. The van der Waals surface area contributed by atoms with Gasteiger partial charge >= 0.3 is 0 Å². The maximum Gasteiger partial charge on any atom is 0.203 e. The quantitative estimate of drug-likeness (QED) is 0.353. The predicted octanol–water partition coefficient (Wildman–Crippen LogP) is 5.50. The molecule has 0 aliphatic carbocycles. The van der Waals surface area contributed by atoms with Crippen LogP contribution in [0.15, 0.2) is 69.7 Å². The monoisotopic (exact) mass is 396 g/mol. The van der Waals surface area contributed by atoms with Crippen LogP contribution >= 0.6 is 27.3 Å². The summed E-state index contributed by atoms with van der Waals surface area (Å²) in [5, 5.41) is 8.23. The molecule has 6 heteroatoms. The number of nitrogens with zero attached hydrogens (tertiary/aromatic N) is 2. The van der Waals surface area contributed by atoms with Gasteiger partial charge in [-0.15, -0.1) is 11.3 Å². The first-order valence-electron chi connectivity index (χ1n) is 7.36. The highest BCUT2D eigenvalue weighted by molar-refractivity contribution is 9.10. The van der Waals surface area contributed by atoms with Gasteiger partial charge in [0.1, 0.15) is 0 Å². The summed E-state index contributed by atoms with van der Waals surface area (Å²) in [6, 6.07) is 16.2. The standard InChI is InChI=1S/C18H13BrN4S/c19-14-6-7-16-15(8-14)13(9-20-16)10-21-23-18-22-17(11-24-18)12-4-2-1-3-5-12/h1-11,20H,(H,22,23)/b21-10+. The molecule has 24 heavy (non-hydrogen) atoms. The van der Waals surface area contributed by atoms with Crippen molar-refractivity contribution in [2.45, 2.75) is 0 Å². The van der Waals surface area contributed by atoms with E-state index in [1.807, 2.05) is 54.0 Å². The van der Waals surface area contributed by atoms with Crippen molar-refractivity contribution in [1.82, 2.24) is 9.97 Å². The van der Waals surface area contributed by atoms with E-state index in [2.05, 4.69) is 42.5 Å². The number of rotatable bonds is 4. The lowest BCUT2D eigenvalue weighted by molar-refractivity contribution is 1.29. The summed E-state index contributed by atoms with van der Waals surface area (Å²) >= 11 is 5.04. The lowest BCUT2D eigenvalue weighted by atomic mass is 10.2. The zero-order chi connectivity index (χ0) is 16.4. The lowest BCUT2D eigenvalue weighted by Gasteiger charge is -1.96. The van der Waals surface area contributed by atoms with Crippen molar-refractivity contribution in [3.8, 4) is 11.3 Å². The van der Waals surface area contributed by atoms with Crippen LogP contribution in [0.1, 0.15) is 5.56 Å². The second kappa shape index (κ2) is 6.59. The average Bonchev–Trinajstić information content (AvgIpc) is 3.23. The van der Waals surface area contributed by atoms with Gasteiger partial charge in [0, 0.05) is 38.1 Å². The fraction of sp³-hybridized carbons (Fsp3) is 0. The molecule has 0 unspecified atom stereocenters. The highest BCUT2D eigenvalue weighted by Gasteiger charge is 2.04. The van der Waals surface area contributed by atoms with Crippen molar-refractivity contribution in [2.75, 3.05) is 5.43 Å². The molecule has 0 saturated heterocycles. The number of anilines is 1. The first-order chi connectivity index (χ1) is 11.8. The highest BCUT2D eigenvalue weighted by Crippen LogP contribution is 2.25. The number of H-pyrrole nitrogens is 1. The molecule has 4 nitrogen and oxygen atoms in total. The lowest BCUT2D eigenvalue weighted by Crippen LogP contribution is -1.89. The topological polar surface area (TPSA) is 53.1 Å². The van der Waals surface area contributed by atoms with Crippen molar-refractivity contribution in [1.29, 1.82) is 0 Å². The number of thiazole rings is 1. The van der Waals surface area contributed by atoms with Gasteiger partial charge in [0.05, 0.1) is 11.9 Å². The van der Waals surface area contributed by atoms with Gasteiger partial charge in [-0.3, -0.25) is 5.43 Å². The molecule has 0 aliphatic rings. The molecular formula is C18H13BrN4S. The van der Waals surface area contributed by atoms with Gasteiger partial charge in [0.2, 0.25) is 5.13 Å². The Bertz CT molecular complexity index is 1000. The Morgan fingerprint density at radius 1 is 1.17 bits per heavy atom. The van der Waals surface area contributed by atoms with Crippen molar-refractivity contribution >= 4 is 49.5 Å². The van der Waals surface area contributed by atoms with E-state index in [0.717, 1.165) is 37.3 Å². The van der Waals surface area contributed by atoms with Crippen LogP contribution in [-0.4, -0.2) is 16.2 Å². The zero-order valence-electron chi connectivity index (χ0n) is 12.5. The summed E-state index contributed by atoms with van der Waals surface area (Å²) < 4.78 is 1.05. The third-order valence-corrected chi connectivity index (χ3v) is 4.85. The number of hydrazone groups is 1. The molecule has 0 aliphatic heterocycles. The van der Waals surface area contributed by atoms with Crippen LogP contribution in [0.3, 0.4) is 0 Å². The molecule has 0 atom stereocenters. The van der Waals surface area contributed by atoms with Crippen molar-refractivity contribution in [3.05, 3.63) is 70.1 Å². The van der Waals surface area contributed by atoms with E-state index < -0.39 is 0 Å². The average molecular weight is 397 g/mol. The molecule has 0 spiro atoms. The highest BCUT2D eigenvalue weighted by atomic mass is 79.9. The third-order valence-electron chi connectivity index (χ3n) is 3.61. The van der Waals surface area contributed by atoms with Gasteiger partial charge < -0.3 is 4.98 Å². The van der Waals surface area contributed by atoms with E-state index >= 15 is 0 Å². The smallest absolute Gasteiger partial charge is 0.203 e. The molecule has 0 amide bonds. The molecular weight excluding hydrogens is 384 g/mol. The Kier molecular flexibility index (Phi) is 4.15. The second-order valence-electron chi connectivity index (χ2n) is 5.21. The van der Waals surface area contributed by atoms with Crippen LogP contribution in [0.4, 0.5) is 5.13 Å². The fourth-order valence-electron chi connectivity index (χ4n) is 2.44. The van der Waals surface area contributed by atoms with Crippen LogP contribution in [0.25, 0.3) is 22.2 Å². The van der Waals surface area contributed by atoms with Gasteiger partial charge in [-0.2, -0.15) is 5.10 Å². The molecule has 0 fully saturated rings. The number of aromatic amines is 1. The summed E-state index contributed by atoms with van der Waals surface area (Å²) in [5.41, 5.74) is 7.17. The Labute approximate surface area is 151 Å². The van der Waals surface area contributed by atoms with Gasteiger partial charge in [-0.25, -0.2) is 4.98 Å². The van der Waals surface area contributed by atoms with Crippen LogP contribution in [0, 0.1) is 0 Å². The Morgan fingerprint density at radius 3 is 2.92 bits per heavy atom. The number of hydrogen-bond acceptors (Lipinski definition) is 4. The normalized spacial score (nSPS) is 11.4. The molecule has 0 saturated carbocycles. The second-order valence-corrected chi connectivity index (χ2v) is 6.98. The van der Waals surface area contributed by atoms with Gasteiger partial charge in [-0.05, 0) is 18.2 Å². The van der Waals surface area contributed by atoms with Crippen LogP contribution in [-0.2, 0) is 0 Å². The molecule has 118 valence electrons. The summed E-state index contributed by atoms with van der Waals surface area (Å²) in [6.45, 7) is 0. The zero-order valence-corrected chi connectivity index (χ0v) is 14.9. The van der Waals surface area contributed by atoms with E-state index in [9.17, 15) is 0 Å². The number of hydrogen-bond donors (Lipinski definition) is 2. The van der Waals surface area contributed by atoms with E-state index in [4.69, 9.17) is 0 Å². The minimum atomic E-state index is 0.770. The molecule has 2 heterocycles. The molecule has 2 N–H and O–H groups in total. The number of fused-ring (bicyclic) bond motifs is 1. The minimum absolute atomic E-state index is 0.770. The third kappa shape index (κ3) is 3.11. The van der Waals surface area contributed by atoms with Crippen molar-refractivity contribution in [3.63, 3.8) is 0 Å². The van der Waals surface area contributed by atoms with E-state index in [1.54, 1.807) is 6.21 Å². The van der Waals surface area contributed by atoms with E-state index in [-0.39, 0.29) is 0 Å².